The molecule has 96 valence electrons. The summed E-state index contributed by atoms with van der Waals surface area (Å²) in [5.74, 6) is -3.60. The number of hydrogen-bond donors (Lipinski definition) is 3. The van der Waals surface area contributed by atoms with E-state index in [4.69, 9.17) is 20.7 Å². The summed E-state index contributed by atoms with van der Waals surface area (Å²) < 4.78 is 31.7. The number of aliphatic carboxylic acids is 2. The molecule has 0 bridgehead atoms. The lowest BCUT2D eigenvalue weighted by Gasteiger charge is -2.11. The molecule has 0 heterocycles. The third kappa shape index (κ3) is 8.04. The fraction of sp³-hybridized carbons (Fsp3) is 0.750. The van der Waals surface area contributed by atoms with E-state index in [1.54, 1.807) is 0 Å². The van der Waals surface area contributed by atoms with Crippen molar-refractivity contribution in [1.82, 2.24) is 0 Å². The van der Waals surface area contributed by atoms with Gasteiger partial charge < -0.3 is 15.9 Å². The Balaban J connectivity index is 0. The van der Waals surface area contributed by atoms with E-state index in [1.807, 2.05) is 13.8 Å². The van der Waals surface area contributed by atoms with Crippen molar-refractivity contribution in [3.05, 3.63) is 0 Å². The van der Waals surface area contributed by atoms with E-state index in [0.29, 0.717) is 0 Å². The Morgan fingerprint density at radius 1 is 1.31 bits per heavy atom. The molecule has 0 amide bonds. The average Bonchev–Trinajstić information content (AvgIpc) is 2.14. The fourth-order valence-corrected chi connectivity index (χ4v) is 0.497. The van der Waals surface area contributed by atoms with Gasteiger partial charge >= 0.3 is 18.1 Å². The first-order chi connectivity index (χ1) is 7.03. The predicted molar refractivity (Wildman–Crippen MR) is 48.8 cm³/mol. The van der Waals surface area contributed by atoms with Crippen LogP contribution in [0, 0.1) is 5.92 Å². The number of halogens is 3. The topological polar surface area (TPSA) is 101 Å². The average molecular weight is 245 g/mol. The third-order valence-electron chi connectivity index (χ3n) is 1.78. The summed E-state index contributed by atoms with van der Waals surface area (Å²) in [6.45, 7) is 3.76. The van der Waals surface area contributed by atoms with Crippen molar-refractivity contribution in [3.63, 3.8) is 0 Å². The molecule has 0 radical (unpaired) electrons. The molecular formula is C8H14F3NO4. The summed E-state index contributed by atoms with van der Waals surface area (Å²) in [4.78, 5) is 19.1. The highest BCUT2D eigenvalue weighted by Gasteiger charge is 2.38. The van der Waals surface area contributed by atoms with Crippen LogP contribution in [0.5, 0.6) is 0 Å². The third-order valence-corrected chi connectivity index (χ3v) is 1.78. The molecule has 0 aromatic heterocycles. The molecule has 2 atom stereocenters. The molecule has 0 aliphatic heterocycles. The Bertz CT molecular complexity index is 242. The molecule has 16 heavy (non-hydrogen) atoms. The zero-order valence-electron chi connectivity index (χ0n) is 8.78. The Labute approximate surface area is 90.0 Å². The number of nitrogens with two attached hydrogens (primary N) is 1. The van der Waals surface area contributed by atoms with Crippen molar-refractivity contribution >= 4 is 11.9 Å². The van der Waals surface area contributed by atoms with Crippen LogP contribution in [0.4, 0.5) is 13.2 Å². The first kappa shape index (κ1) is 17.1. The zero-order valence-corrected chi connectivity index (χ0v) is 8.78. The van der Waals surface area contributed by atoms with Gasteiger partial charge in [0.25, 0.3) is 0 Å². The van der Waals surface area contributed by atoms with Crippen LogP contribution in [-0.4, -0.2) is 34.4 Å². The van der Waals surface area contributed by atoms with E-state index in [2.05, 4.69) is 0 Å². The van der Waals surface area contributed by atoms with Crippen molar-refractivity contribution in [2.45, 2.75) is 32.5 Å². The van der Waals surface area contributed by atoms with Crippen LogP contribution in [0.1, 0.15) is 20.3 Å². The summed E-state index contributed by atoms with van der Waals surface area (Å²) in [7, 11) is 0. The standard InChI is InChI=1S/C6H13NO2.C2HF3O2/c1-3-4(2)5(7)6(8)9;3-2(4,5)1(6)7/h4-5H,3,7H2,1-2H3,(H,8,9);(H,6,7). The smallest absolute Gasteiger partial charge is 0.480 e. The van der Waals surface area contributed by atoms with E-state index in [1.165, 1.54) is 0 Å². The maximum atomic E-state index is 10.6. The van der Waals surface area contributed by atoms with Gasteiger partial charge in [0.15, 0.2) is 0 Å². The fourth-order valence-electron chi connectivity index (χ4n) is 0.497. The van der Waals surface area contributed by atoms with Crippen LogP contribution in [0.25, 0.3) is 0 Å². The largest absolute Gasteiger partial charge is 0.490 e. The second-order valence-electron chi connectivity index (χ2n) is 3.05. The molecule has 0 aliphatic carbocycles. The van der Waals surface area contributed by atoms with Crippen LogP contribution in [0.3, 0.4) is 0 Å². The number of carboxylic acids is 2. The Morgan fingerprint density at radius 2 is 1.62 bits per heavy atom. The molecule has 0 saturated carbocycles. The Morgan fingerprint density at radius 3 is 1.69 bits per heavy atom. The highest BCUT2D eigenvalue weighted by molar-refractivity contribution is 5.73. The van der Waals surface area contributed by atoms with Gasteiger partial charge in [-0.1, -0.05) is 20.3 Å². The van der Waals surface area contributed by atoms with Gasteiger partial charge in [-0.05, 0) is 5.92 Å². The second kappa shape index (κ2) is 7.04. The van der Waals surface area contributed by atoms with Gasteiger partial charge in [0, 0.05) is 0 Å². The molecule has 0 aromatic rings. The van der Waals surface area contributed by atoms with Gasteiger partial charge in [-0.2, -0.15) is 13.2 Å². The second-order valence-corrected chi connectivity index (χ2v) is 3.05. The quantitative estimate of drug-likeness (QED) is 0.690. The summed E-state index contributed by atoms with van der Waals surface area (Å²) in [5.41, 5.74) is 5.27. The summed E-state index contributed by atoms with van der Waals surface area (Å²) in [6, 6.07) is -0.699. The molecule has 8 heteroatoms. The van der Waals surface area contributed by atoms with Crippen molar-refractivity contribution in [3.8, 4) is 0 Å². The molecule has 0 rings (SSSR count). The normalized spacial score (nSPS) is 14.4. The van der Waals surface area contributed by atoms with Gasteiger partial charge in [0.05, 0.1) is 0 Å². The Hall–Kier alpha value is -1.31. The molecule has 0 spiro atoms. The maximum Gasteiger partial charge on any atom is 0.490 e. The molecule has 0 fully saturated rings. The number of carboxylic acid groups (broad SMARTS) is 2. The van der Waals surface area contributed by atoms with Crippen LogP contribution >= 0.6 is 0 Å². The van der Waals surface area contributed by atoms with E-state index in [-0.39, 0.29) is 5.92 Å². The molecule has 0 saturated heterocycles. The van der Waals surface area contributed by atoms with Gasteiger partial charge in [-0.25, -0.2) is 4.79 Å². The van der Waals surface area contributed by atoms with Gasteiger partial charge in [0.1, 0.15) is 6.04 Å². The van der Waals surface area contributed by atoms with Crippen molar-refractivity contribution in [2.75, 3.05) is 0 Å². The summed E-state index contributed by atoms with van der Waals surface area (Å²) >= 11 is 0. The van der Waals surface area contributed by atoms with Crippen LogP contribution in [-0.2, 0) is 9.59 Å². The molecule has 5 nitrogen and oxygen atoms in total. The van der Waals surface area contributed by atoms with Gasteiger partial charge in [-0.15, -0.1) is 0 Å². The lowest BCUT2D eigenvalue weighted by molar-refractivity contribution is -0.192. The van der Waals surface area contributed by atoms with Crippen molar-refractivity contribution < 1.29 is 33.0 Å². The number of alkyl halides is 3. The maximum absolute atomic E-state index is 10.6. The lowest BCUT2D eigenvalue weighted by Crippen LogP contribution is -2.36. The number of carbonyl (C=O) groups is 2. The first-order valence-corrected chi connectivity index (χ1v) is 4.32. The van der Waals surface area contributed by atoms with Crippen LogP contribution in [0.15, 0.2) is 0 Å². The van der Waals surface area contributed by atoms with Gasteiger partial charge in [-0.3, -0.25) is 4.79 Å². The molecule has 0 aliphatic rings. The highest BCUT2D eigenvalue weighted by Crippen LogP contribution is 2.13. The number of rotatable bonds is 3. The monoisotopic (exact) mass is 245 g/mol. The Kier molecular flexibility index (Phi) is 7.53. The minimum atomic E-state index is -5.08. The first-order valence-electron chi connectivity index (χ1n) is 4.32. The highest BCUT2D eigenvalue weighted by atomic mass is 19.4. The van der Waals surface area contributed by atoms with Gasteiger partial charge in [0.2, 0.25) is 0 Å². The van der Waals surface area contributed by atoms with Crippen molar-refractivity contribution in [1.29, 1.82) is 0 Å². The van der Waals surface area contributed by atoms with Crippen LogP contribution < -0.4 is 5.73 Å². The zero-order chi connectivity index (χ0) is 13.5. The molecule has 0 aromatic carbocycles. The van der Waals surface area contributed by atoms with E-state index in [0.717, 1.165) is 6.42 Å². The number of hydrogen-bond acceptors (Lipinski definition) is 3. The minimum Gasteiger partial charge on any atom is -0.480 e. The predicted octanol–water partition coefficient (Wildman–Crippen LogP) is 1.08. The minimum absolute atomic E-state index is 0.0718. The SMILES string of the molecule is CCC(C)C(N)C(=O)O.O=C(O)C(F)(F)F. The summed E-state index contributed by atoms with van der Waals surface area (Å²) in [6.07, 6.45) is -4.27. The molecular weight excluding hydrogens is 231 g/mol. The van der Waals surface area contributed by atoms with Crippen molar-refractivity contribution in [2.24, 2.45) is 11.7 Å². The molecule has 2 unspecified atom stereocenters. The van der Waals surface area contributed by atoms with E-state index >= 15 is 0 Å². The lowest BCUT2D eigenvalue weighted by atomic mass is 10.0. The van der Waals surface area contributed by atoms with Crippen LogP contribution in [0.2, 0.25) is 0 Å². The van der Waals surface area contributed by atoms with E-state index in [9.17, 15) is 18.0 Å². The molecule has 4 N–H and O–H groups in total. The van der Waals surface area contributed by atoms with E-state index < -0.39 is 24.2 Å². The summed E-state index contributed by atoms with van der Waals surface area (Å²) in [5, 5.41) is 15.5.